The number of aromatic amines is 1. The topological polar surface area (TPSA) is 49.0 Å². The summed E-state index contributed by atoms with van der Waals surface area (Å²) < 4.78 is 1.03. The summed E-state index contributed by atoms with van der Waals surface area (Å²) >= 11 is 9.33. The molecule has 0 saturated carbocycles. The van der Waals surface area contributed by atoms with Gasteiger partial charge in [0.05, 0.1) is 11.9 Å². The first-order chi connectivity index (χ1) is 8.58. The second-order valence-electron chi connectivity index (χ2n) is 3.88. The van der Waals surface area contributed by atoms with Crippen molar-refractivity contribution in [2.75, 3.05) is 11.9 Å². The first kappa shape index (κ1) is 13.1. The van der Waals surface area contributed by atoms with Gasteiger partial charge in [0.1, 0.15) is 5.02 Å². The fourth-order valence-corrected chi connectivity index (χ4v) is 2.09. The lowest BCUT2D eigenvalue weighted by molar-refractivity contribution is 0.894. The van der Waals surface area contributed by atoms with Crippen LogP contribution in [0, 0.1) is 0 Å². The van der Waals surface area contributed by atoms with Gasteiger partial charge in [-0.25, -0.2) is 5.10 Å². The van der Waals surface area contributed by atoms with E-state index in [4.69, 9.17) is 11.6 Å². The number of nitrogens with zero attached hydrogens (tertiary/aromatic N) is 2. The van der Waals surface area contributed by atoms with Crippen LogP contribution in [-0.4, -0.2) is 17.2 Å². The highest BCUT2D eigenvalue weighted by Crippen LogP contribution is 2.21. The molecule has 94 valence electrons. The lowest BCUT2D eigenvalue weighted by Crippen LogP contribution is -2.20. The highest BCUT2D eigenvalue weighted by atomic mass is 79.9. The van der Waals surface area contributed by atoms with Crippen LogP contribution in [0.3, 0.4) is 0 Å². The second kappa shape index (κ2) is 5.54. The van der Waals surface area contributed by atoms with E-state index < -0.39 is 0 Å². The van der Waals surface area contributed by atoms with Gasteiger partial charge in [0.2, 0.25) is 0 Å². The Kier molecular flexibility index (Phi) is 4.04. The van der Waals surface area contributed by atoms with Crippen molar-refractivity contribution in [1.82, 2.24) is 10.2 Å². The van der Waals surface area contributed by atoms with Gasteiger partial charge in [-0.3, -0.25) is 4.79 Å². The number of nitrogens with one attached hydrogen (secondary N) is 1. The molecule has 0 fully saturated rings. The van der Waals surface area contributed by atoms with Crippen molar-refractivity contribution in [1.29, 1.82) is 0 Å². The predicted octanol–water partition coefficient (Wildman–Crippen LogP) is 2.82. The number of benzene rings is 1. The average Bonchev–Trinajstić information content (AvgIpc) is 2.35. The van der Waals surface area contributed by atoms with Crippen LogP contribution < -0.4 is 10.5 Å². The van der Waals surface area contributed by atoms with Gasteiger partial charge in [0.15, 0.2) is 0 Å². The molecule has 0 unspecified atom stereocenters. The quantitative estimate of drug-likeness (QED) is 0.942. The Labute approximate surface area is 118 Å². The van der Waals surface area contributed by atoms with E-state index in [0.29, 0.717) is 12.2 Å². The lowest BCUT2D eigenvalue weighted by Gasteiger charge is -2.19. The molecule has 0 aliphatic rings. The molecule has 1 aromatic heterocycles. The van der Waals surface area contributed by atoms with Crippen LogP contribution in [0.5, 0.6) is 0 Å². The van der Waals surface area contributed by atoms with E-state index in [-0.39, 0.29) is 10.6 Å². The van der Waals surface area contributed by atoms with E-state index in [1.807, 2.05) is 36.2 Å². The van der Waals surface area contributed by atoms with Crippen LogP contribution in [0.4, 0.5) is 5.69 Å². The molecule has 2 aromatic rings. The zero-order valence-electron chi connectivity index (χ0n) is 9.65. The summed E-state index contributed by atoms with van der Waals surface area (Å²) in [7, 11) is 1.87. The van der Waals surface area contributed by atoms with E-state index in [1.165, 1.54) is 0 Å². The van der Waals surface area contributed by atoms with Crippen LogP contribution in [-0.2, 0) is 6.54 Å². The molecule has 0 saturated heterocycles. The molecule has 1 aromatic carbocycles. The molecule has 18 heavy (non-hydrogen) atoms. The first-order valence-corrected chi connectivity index (χ1v) is 6.44. The van der Waals surface area contributed by atoms with Crippen molar-refractivity contribution in [2.24, 2.45) is 0 Å². The number of anilines is 1. The molecular formula is C12H11BrClN3O. The Balaban J connectivity index is 2.22. The Bertz CT molecular complexity index is 597. The molecule has 1 heterocycles. The molecule has 2 rings (SSSR count). The van der Waals surface area contributed by atoms with E-state index in [1.54, 1.807) is 6.20 Å². The Hall–Kier alpha value is -1.33. The molecular weight excluding hydrogens is 318 g/mol. The Morgan fingerprint density at radius 1 is 1.39 bits per heavy atom. The number of rotatable bonds is 3. The maximum atomic E-state index is 11.4. The van der Waals surface area contributed by atoms with E-state index in [9.17, 15) is 4.79 Å². The zero-order chi connectivity index (χ0) is 13.1. The first-order valence-electron chi connectivity index (χ1n) is 5.26. The van der Waals surface area contributed by atoms with Crippen molar-refractivity contribution in [3.8, 4) is 0 Å². The summed E-state index contributed by atoms with van der Waals surface area (Å²) in [6.45, 7) is 0.651. The maximum absolute atomic E-state index is 11.4. The predicted molar refractivity (Wildman–Crippen MR) is 76.1 cm³/mol. The van der Waals surface area contributed by atoms with Crippen LogP contribution >= 0.6 is 27.5 Å². The molecule has 0 bridgehead atoms. The molecule has 0 amide bonds. The Morgan fingerprint density at radius 3 is 2.72 bits per heavy atom. The van der Waals surface area contributed by atoms with Crippen LogP contribution in [0.1, 0.15) is 5.56 Å². The van der Waals surface area contributed by atoms with Gasteiger partial charge in [-0.1, -0.05) is 39.7 Å². The number of hydrogen-bond donors (Lipinski definition) is 1. The van der Waals surface area contributed by atoms with Crippen molar-refractivity contribution >= 4 is 33.2 Å². The summed E-state index contributed by atoms with van der Waals surface area (Å²) in [5, 5.41) is 6.20. The van der Waals surface area contributed by atoms with Crippen LogP contribution in [0.25, 0.3) is 0 Å². The lowest BCUT2D eigenvalue weighted by atomic mass is 10.2. The Morgan fingerprint density at radius 2 is 2.06 bits per heavy atom. The van der Waals surface area contributed by atoms with Crippen molar-refractivity contribution in [2.45, 2.75) is 6.54 Å². The second-order valence-corrected chi connectivity index (χ2v) is 5.17. The molecule has 1 N–H and O–H groups in total. The standard InChI is InChI=1S/C12H11BrClN3O/c1-17(7-8-2-4-9(13)5-3-8)10-6-15-16-12(18)11(10)14/h2-6H,7H2,1H3,(H,16,18). The minimum atomic E-state index is -0.378. The van der Waals surface area contributed by atoms with Gasteiger partial charge in [0.25, 0.3) is 5.56 Å². The number of hydrogen-bond acceptors (Lipinski definition) is 3. The summed E-state index contributed by atoms with van der Waals surface area (Å²) in [5.74, 6) is 0. The third kappa shape index (κ3) is 2.91. The summed E-state index contributed by atoms with van der Waals surface area (Å²) in [6.07, 6.45) is 1.54. The molecule has 0 radical (unpaired) electrons. The summed E-state index contributed by atoms with van der Waals surface area (Å²) in [5.41, 5.74) is 1.36. The van der Waals surface area contributed by atoms with Gasteiger partial charge in [-0.05, 0) is 17.7 Å². The van der Waals surface area contributed by atoms with E-state index in [2.05, 4.69) is 26.1 Å². The van der Waals surface area contributed by atoms with Crippen molar-refractivity contribution in [3.63, 3.8) is 0 Å². The van der Waals surface area contributed by atoms with Gasteiger partial charge >= 0.3 is 0 Å². The molecule has 4 nitrogen and oxygen atoms in total. The highest BCUT2D eigenvalue weighted by molar-refractivity contribution is 9.10. The fraction of sp³-hybridized carbons (Fsp3) is 0.167. The van der Waals surface area contributed by atoms with Crippen molar-refractivity contribution < 1.29 is 0 Å². The molecule has 0 aliphatic carbocycles. The van der Waals surface area contributed by atoms with Gasteiger partial charge in [-0.15, -0.1) is 0 Å². The third-order valence-electron chi connectivity index (χ3n) is 2.52. The molecule has 6 heteroatoms. The van der Waals surface area contributed by atoms with Gasteiger partial charge in [-0.2, -0.15) is 5.10 Å². The number of halogens is 2. The van der Waals surface area contributed by atoms with Crippen LogP contribution in [0.2, 0.25) is 5.02 Å². The molecule has 0 aliphatic heterocycles. The number of H-pyrrole nitrogens is 1. The highest BCUT2D eigenvalue weighted by Gasteiger charge is 2.10. The van der Waals surface area contributed by atoms with Gasteiger partial charge < -0.3 is 4.90 Å². The average molecular weight is 329 g/mol. The molecule has 0 spiro atoms. The van der Waals surface area contributed by atoms with Crippen molar-refractivity contribution in [3.05, 3.63) is 55.9 Å². The largest absolute Gasteiger partial charge is 0.368 e. The maximum Gasteiger partial charge on any atom is 0.285 e. The summed E-state index contributed by atoms with van der Waals surface area (Å²) in [4.78, 5) is 13.2. The zero-order valence-corrected chi connectivity index (χ0v) is 12.0. The normalized spacial score (nSPS) is 10.4. The minimum absolute atomic E-state index is 0.157. The monoisotopic (exact) mass is 327 g/mol. The number of aromatic nitrogens is 2. The van der Waals surface area contributed by atoms with Crippen LogP contribution in [0.15, 0.2) is 39.7 Å². The van der Waals surface area contributed by atoms with E-state index >= 15 is 0 Å². The molecule has 0 atom stereocenters. The third-order valence-corrected chi connectivity index (χ3v) is 3.42. The van der Waals surface area contributed by atoms with E-state index in [0.717, 1.165) is 10.0 Å². The van der Waals surface area contributed by atoms with Gasteiger partial charge in [0, 0.05) is 18.1 Å². The summed E-state index contributed by atoms with van der Waals surface area (Å²) in [6, 6.07) is 7.96. The SMILES string of the molecule is CN(Cc1ccc(Br)cc1)c1cn[nH]c(=O)c1Cl. The fourth-order valence-electron chi connectivity index (χ4n) is 1.59. The smallest absolute Gasteiger partial charge is 0.285 e. The minimum Gasteiger partial charge on any atom is -0.368 e.